The monoisotopic (exact) mass is 821 g/mol. The van der Waals surface area contributed by atoms with Gasteiger partial charge in [0.2, 0.25) is 0 Å². The molecule has 12 rings (SSSR count). The van der Waals surface area contributed by atoms with Crippen molar-refractivity contribution >= 4 is 17.1 Å². The van der Waals surface area contributed by atoms with Crippen LogP contribution in [0.3, 0.4) is 0 Å². The SMILES string of the molecule is CC1(C)c2ccccc2-c2ccc(N(c3ccc4c(c3)C(C)(C)c3cc5c(cc3-4)C(C)(C)c3c(-c4ccccc4)cc(-c4ccccc4)cc3-5)c3ccccc3-c3ccccc3)cc21. The molecule has 0 atom stereocenters. The van der Waals surface area contributed by atoms with Crippen molar-refractivity contribution in [3.63, 3.8) is 0 Å². The zero-order chi connectivity index (χ0) is 43.5. The number of nitrogens with zero attached hydrogens (tertiary/aromatic N) is 1. The molecular formula is C63H51N. The second-order valence-electron chi connectivity index (χ2n) is 19.7. The summed E-state index contributed by atoms with van der Waals surface area (Å²) in [5.41, 5.74) is 26.8. The van der Waals surface area contributed by atoms with Crippen molar-refractivity contribution in [2.24, 2.45) is 0 Å². The molecule has 1 heteroatoms. The standard InChI is InChI=1S/C63H51N/c1-61(2)54-28-18-16-27-47(54)48-32-30-44(36-55(48)61)64(59-29-19-17-26-46(59)41-22-12-8-13-23-41)45-31-33-49-51-38-58-52(39-57(51)62(3,4)56(49)37-45)53-35-43(40-20-10-7-11-21-40)34-50(60(53)63(58,5)6)42-24-14-9-15-25-42/h7-39H,1-6H3. The molecule has 308 valence electrons. The van der Waals surface area contributed by atoms with Gasteiger partial charge in [-0.2, -0.15) is 0 Å². The first-order valence-corrected chi connectivity index (χ1v) is 22.8. The van der Waals surface area contributed by atoms with Crippen molar-refractivity contribution in [1.82, 2.24) is 0 Å². The fourth-order valence-corrected chi connectivity index (χ4v) is 11.7. The van der Waals surface area contributed by atoms with Crippen LogP contribution >= 0.6 is 0 Å². The third-order valence-corrected chi connectivity index (χ3v) is 15.0. The molecule has 0 unspecified atom stereocenters. The lowest BCUT2D eigenvalue weighted by molar-refractivity contribution is 0.653. The van der Waals surface area contributed by atoms with Gasteiger partial charge in [0.05, 0.1) is 5.69 Å². The first-order chi connectivity index (χ1) is 31.0. The third-order valence-electron chi connectivity index (χ3n) is 15.0. The van der Waals surface area contributed by atoms with Crippen molar-refractivity contribution in [1.29, 1.82) is 0 Å². The summed E-state index contributed by atoms with van der Waals surface area (Å²) in [5.74, 6) is 0. The number of hydrogen-bond acceptors (Lipinski definition) is 1. The van der Waals surface area contributed by atoms with E-state index in [0.717, 1.165) is 17.1 Å². The summed E-state index contributed by atoms with van der Waals surface area (Å²) >= 11 is 0. The molecule has 0 N–H and O–H groups in total. The van der Waals surface area contributed by atoms with Gasteiger partial charge >= 0.3 is 0 Å². The highest BCUT2D eigenvalue weighted by Gasteiger charge is 2.43. The van der Waals surface area contributed by atoms with Crippen LogP contribution in [0.2, 0.25) is 0 Å². The molecule has 1 nitrogen and oxygen atoms in total. The normalized spacial score (nSPS) is 15.1. The van der Waals surface area contributed by atoms with E-state index in [9.17, 15) is 0 Å². The maximum atomic E-state index is 2.56. The third kappa shape index (κ3) is 5.56. The van der Waals surface area contributed by atoms with Gasteiger partial charge in [-0.05, 0) is 149 Å². The van der Waals surface area contributed by atoms with E-state index in [2.05, 4.69) is 247 Å². The van der Waals surface area contributed by atoms with Gasteiger partial charge in [-0.15, -0.1) is 0 Å². The molecule has 0 saturated carbocycles. The van der Waals surface area contributed by atoms with Crippen LogP contribution in [-0.2, 0) is 16.2 Å². The highest BCUT2D eigenvalue weighted by molar-refractivity contribution is 5.97. The highest BCUT2D eigenvalue weighted by atomic mass is 15.1. The molecular weight excluding hydrogens is 771 g/mol. The predicted molar refractivity (Wildman–Crippen MR) is 270 cm³/mol. The first-order valence-electron chi connectivity index (χ1n) is 22.8. The van der Waals surface area contributed by atoms with Crippen LogP contribution in [0.15, 0.2) is 200 Å². The average Bonchev–Trinajstić information content (AvgIpc) is 3.80. The van der Waals surface area contributed by atoms with E-state index in [-0.39, 0.29) is 16.2 Å². The summed E-state index contributed by atoms with van der Waals surface area (Å²) in [4.78, 5) is 2.51. The van der Waals surface area contributed by atoms with Crippen LogP contribution in [0.5, 0.6) is 0 Å². The van der Waals surface area contributed by atoms with Gasteiger partial charge in [0, 0.05) is 33.2 Å². The van der Waals surface area contributed by atoms with Crippen LogP contribution in [0.25, 0.3) is 66.8 Å². The largest absolute Gasteiger partial charge is 0.310 e. The van der Waals surface area contributed by atoms with Gasteiger partial charge in [0.1, 0.15) is 0 Å². The zero-order valence-corrected chi connectivity index (χ0v) is 37.5. The first kappa shape index (κ1) is 38.5. The second kappa shape index (κ2) is 13.9. The fraction of sp³-hybridized carbons (Fsp3) is 0.143. The summed E-state index contributed by atoms with van der Waals surface area (Å²) in [6, 6.07) is 75.0. The molecule has 9 aromatic carbocycles. The number of hydrogen-bond donors (Lipinski definition) is 0. The van der Waals surface area contributed by atoms with Crippen molar-refractivity contribution in [2.45, 2.75) is 57.8 Å². The van der Waals surface area contributed by atoms with Crippen molar-refractivity contribution in [3.05, 3.63) is 234 Å². The summed E-state index contributed by atoms with van der Waals surface area (Å²) in [6.07, 6.45) is 0. The van der Waals surface area contributed by atoms with E-state index in [4.69, 9.17) is 0 Å². The topological polar surface area (TPSA) is 3.24 Å². The number of fused-ring (bicyclic) bond motifs is 9. The van der Waals surface area contributed by atoms with E-state index in [1.54, 1.807) is 0 Å². The summed E-state index contributed by atoms with van der Waals surface area (Å²) in [6.45, 7) is 14.5. The van der Waals surface area contributed by atoms with Crippen molar-refractivity contribution < 1.29 is 0 Å². The molecule has 9 aromatic rings. The Morgan fingerprint density at radius 3 is 1.31 bits per heavy atom. The Balaban J connectivity index is 1.03. The van der Waals surface area contributed by atoms with Gasteiger partial charge in [-0.1, -0.05) is 187 Å². The van der Waals surface area contributed by atoms with Gasteiger partial charge in [-0.3, -0.25) is 0 Å². The minimum Gasteiger partial charge on any atom is -0.310 e. The van der Waals surface area contributed by atoms with E-state index in [1.165, 1.54) is 100 Å². The maximum Gasteiger partial charge on any atom is 0.0540 e. The lowest BCUT2D eigenvalue weighted by atomic mass is 9.77. The molecule has 0 heterocycles. The Hall–Kier alpha value is -7.22. The Kier molecular flexibility index (Phi) is 8.35. The summed E-state index contributed by atoms with van der Waals surface area (Å²) in [7, 11) is 0. The molecule has 64 heavy (non-hydrogen) atoms. The summed E-state index contributed by atoms with van der Waals surface area (Å²) in [5, 5.41) is 0. The minimum atomic E-state index is -0.242. The lowest BCUT2D eigenvalue weighted by Gasteiger charge is -2.31. The molecule has 0 fully saturated rings. The molecule has 3 aliphatic carbocycles. The Bertz CT molecular complexity index is 3330. The van der Waals surface area contributed by atoms with Crippen LogP contribution in [-0.4, -0.2) is 0 Å². The molecule has 0 amide bonds. The van der Waals surface area contributed by atoms with Gasteiger partial charge in [0.15, 0.2) is 0 Å². The zero-order valence-electron chi connectivity index (χ0n) is 37.5. The minimum absolute atomic E-state index is 0.120. The molecule has 0 spiro atoms. The second-order valence-corrected chi connectivity index (χ2v) is 19.7. The number of rotatable bonds is 6. The molecule has 0 radical (unpaired) electrons. The molecule has 0 aromatic heterocycles. The maximum absolute atomic E-state index is 2.56. The van der Waals surface area contributed by atoms with Crippen LogP contribution in [0, 0.1) is 0 Å². The Morgan fingerprint density at radius 1 is 0.266 bits per heavy atom. The Labute approximate surface area is 378 Å². The molecule has 0 saturated heterocycles. The van der Waals surface area contributed by atoms with Gasteiger partial charge in [-0.25, -0.2) is 0 Å². The van der Waals surface area contributed by atoms with E-state index in [0.29, 0.717) is 0 Å². The molecule has 3 aliphatic rings. The quantitative estimate of drug-likeness (QED) is 0.161. The van der Waals surface area contributed by atoms with Crippen LogP contribution in [0.4, 0.5) is 17.1 Å². The van der Waals surface area contributed by atoms with Crippen molar-refractivity contribution in [3.8, 4) is 66.8 Å². The average molecular weight is 822 g/mol. The van der Waals surface area contributed by atoms with Crippen LogP contribution in [0.1, 0.15) is 74.9 Å². The lowest BCUT2D eigenvalue weighted by Crippen LogP contribution is -2.18. The molecule has 0 bridgehead atoms. The molecule has 0 aliphatic heterocycles. The van der Waals surface area contributed by atoms with Crippen molar-refractivity contribution in [2.75, 3.05) is 4.90 Å². The summed E-state index contributed by atoms with van der Waals surface area (Å²) < 4.78 is 0. The van der Waals surface area contributed by atoms with Crippen LogP contribution < -0.4 is 4.90 Å². The van der Waals surface area contributed by atoms with E-state index >= 15 is 0 Å². The van der Waals surface area contributed by atoms with E-state index in [1.807, 2.05) is 0 Å². The Morgan fingerprint density at radius 2 is 0.688 bits per heavy atom. The number of benzene rings is 9. The number of anilines is 3. The van der Waals surface area contributed by atoms with Gasteiger partial charge < -0.3 is 4.90 Å². The van der Waals surface area contributed by atoms with E-state index < -0.39 is 0 Å². The number of para-hydroxylation sites is 1. The predicted octanol–water partition coefficient (Wildman–Crippen LogP) is 17.1. The fourth-order valence-electron chi connectivity index (χ4n) is 11.7. The smallest absolute Gasteiger partial charge is 0.0540 e. The highest BCUT2D eigenvalue weighted by Crippen LogP contribution is 2.59. The van der Waals surface area contributed by atoms with Gasteiger partial charge in [0.25, 0.3) is 0 Å².